The van der Waals surface area contributed by atoms with Crippen LogP contribution in [0.2, 0.25) is 0 Å². The van der Waals surface area contributed by atoms with Crippen molar-refractivity contribution >= 4 is 11.6 Å². The minimum Gasteiger partial charge on any atom is -0.343 e. The van der Waals surface area contributed by atoms with E-state index in [-0.39, 0.29) is 16.9 Å². The van der Waals surface area contributed by atoms with Crippen LogP contribution < -0.4 is 5.32 Å². The van der Waals surface area contributed by atoms with Crippen LogP contribution in [0, 0.1) is 10.1 Å². The van der Waals surface area contributed by atoms with Crippen molar-refractivity contribution in [3.8, 4) is 5.69 Å². The van der Waals surface area contributed by atoms with E-state index in [4.69, 9.17) is 0 Å². The molecule has 1 atom stereocenters. The number of carbonyl (C=O) groups excluding carboxylic acids is 1. The molecule has 150 valence electrons. The minimum absolute atomic E-state index is 0.157. The highest BCUT2D eigenvalue weighted by Crippen LogP contribution is 2.24. The van der Waals surface area contributed by atoms with Crippen LogP contribution in [0.15, 0.2) is 73.8 Å². The third-order valence-corrected chi connectivity index (χ3v) is 4.44. The molecule has 0 aliphatic rings. The van der Waals surface area contributed by atoms with E-state index in [1.807, 2.05) is 30.3 Å². The predicted molar refractivity (Wildman–Crippen MR) is 105 cm³/mol. The van der Waals surface area contributed by atoms with E-state index < -0.39 is 16.9 Å². The smallest absolute Gasteiger partial charge is 0.295 e. The Morgan fingerprint density at radius 1 is 1.07 bits per heavy atom. The zero-order valence-electron chi connectivity index (χ0n) is 15.6. The fraction of sp³-hybridized carbons (Fsp3) is 0.105. The number of hydrogen-bond donors (Lipinski definition) is 1. The highest BCUT2D eigenvalue weighted by Gasteiger charge is 2.22. The van der Waals surface area contributed by atoms with Crippen molar-refractivity contribution in [1.82, 2.24) is 34.8 Å². The summed E-state index contributed by atoms with van der Waals surface area (Å²) in [5.41, 5.74) is 0.997. The van der Waals surface area contributed by atoms with Crippen molar-refractivity contribution < 1.29 is 9.72 Å². The number of nitro benzene ring substituents is 1. The van der Waals surface area contributed by atoms with Gasteiger partial charge in [0.1, 0.15) is 31.0 Å². The predicted octanol–water partition coefficient (Wildman–Crippen LogP) is 1.94. The van der Waals surface area contributed by atoms with Crippen molar-refractivity contribution in [2.75, 3.05) is 0 Å². The lowest BCUT2D eigenvalue weighted by molar-refractivity contribution is -0.384. The van der Waals surface area contributed by atoms with E-state index in [1.165, 1.54) is 41.9 Å². The second-order valence-electron chi connectivity index (χ2n) is 6.35. The van der Waals surface area contributed by atoms with Crippen LogP contribution in [-0.2, 0) is 6.54 Å². The van der Waals surface area contributed by atoms with Crippen molar-refractivity contribution in [1.29, 1.82) is 0 Å². The number of benzene rings is 2. The zero-order valence-corrected chi connectivity index (χ0v) is 15.6. The average molecular weight is 404 g/mol. The molecule has 1 unspecified atom stereocenters. The first-order valence-corrected chi connectivity index (χ1v) is 8.93. The van der Waals surface area contributed by atoms with Crippen molar-refractivity contribution in [2.24, 2.45) is 0 Å². The van der Waals surface area contributed by atoms with E-state index in [0.717, 1.165) is 5.56 Å². The molecule has 0 saturated heterocycles. The number of nitro groups is 1. The molecule has 2 heterocycles. The number of amides is 1. The first kappa shape index (κ1) is 18.9. The maximum absolute atomic E-state index is 12.9. The Labute approximate surface area is 170 Å². The molecule has 0 aliphatic carbocycles. The molecule has 0 saturated carbocycles. The van der Waals surface area contributed by atoms with Crippen molar-refractivity contribution in [3.63, 3.8) is 0 Å². The van der Waals surface area contributed by atoms with Crippen LogP contribution in [0.5, 0.6) is 0 Å². The fourth-order valence-electron chi connectivity index (χ4n) is 3.01. The van der Waals surface area contributed by atoms with Gasteiger partial charge in [-0.2, -0.15) is 10.2 Å². The first-order valence-electron chi connectivity index (χ1n) is 8.93. The molecule has 4 aromatic rings. The molecular weight excluding hydrogens is 388 g/mol. The molecule has 1 amide bonds. The fourth-order valence-corrected chi connectivity index (χ4v) is 3.01. The molecular formula is C19H16N8O3. The molecule has 1 N–H and O–H groups in total. The number of aromatic nitrogens is 6. The van der Waals surface area contributed by atoms with Gasteiger partial charge in [0.25, 0.3) is 11.6 Å². The zero-order chi connectivity index (χ0) is 20.9. The van der Waals surface area contributed by atoms with E-state index in [9.17, 15) is 14.9 Å². The number of rotatable bonds is 7. The van der Waals surface area contributed by atoms with Crippen LogP contribution in [-0.4, -0.2) is 40.4 Å². The van der Waals surface area contributed by atoms with Gasteiger partial charge in [-0.25, -0.2) is 14.6 Å². The molecule has 0 bridgehead atoms. The van der Waals surface area contributed by atoms with Gasteiger partial charge in [-0.1, -0.05) is 30.3 Å². The van der Waals surface area contributed by atoms with Gasteiger partial charge in [0.15, 0.2) is 0 Å². The molecule has 2 aromatic carbocycles. The third kappa shape index (κ3) is 4.04. The summed E-state index contributed by atoms with van der Waals surface area (Å²) in [5.74, 6) is -0.447. The van der Waals surface area contributed by atoms with Crippen LogP contribution >= 0.6 is 0 Å². The maximum Gasteiger partial charge on any atom is 0.295 e. The van der Waals surface area contributed by atoms with Gasteiger partial charge in [-0.05, 0) is 17.7 Å². The van der Waals surface area contributed by atoms with Crippen molar-refractivity contribution in [2.45, 2.75) is 12.6 Å². The lowest BCUT2D eigenvalue weighted by Gasteiger charge is -2.19. The van der Waals surface area contributed by atoms with E-state index in [2.05, 4.69) is 25.5 Å². The summed E-state index contributed by atoms with van der Waals surface area (Å²) in [4.78, 5) is 31.6. The minimum atomic E-state index is -0.558. The molecule has 0 aliphatic heterocycles. The van der Waals surface area contributed by atoms with Crippen LogP contribution in [0.4, 0.5) is 5.69 Å². The monoisotopic (exact) mass is 404 g/mol. The molecule has 0 spiro atoms. The third-order valence-electron chi connectivity index (χ3n) is 4.44. The van der Waals surface area contributed by atoms with Gasteiger partial charge in [0, 0.05) is 11.6 Å². The second kappa shape index (κ2) is 8.31. The molecule has 0 fully saturated rings. The normalized spacial score (nSPS) is 11.7. The summed E-state index contributed by atoms with van der Waals surface area (Å²) in [6, 6.07) is 13.2. The average Bonchev–Trinajstić information content (AvgIpc) is 3.48. The highest BCUT2D eigenvalue weighted by molar-refractivity contribution is 5.95. The Hall–Kier alpha value is -4.41. The Kier molecular flexibility index (Phi) is 5.24. The van der Waals surface area contributed by atoms with Gasteiger partial charge in [0.2, 0.25) is 0 Å². The number of carbonyl (C=O) groups is 1. The largest absolute Gasteiger partial charge is 0.343 e. The first-order chi connectivity index (χ1) is 14.6. The Balaban J connectivity index is 1.62. The molecule has 4 rings (SSSR count). The molecule has 11 nitrogen and oxygen atoms in total. The number of nitrogens with one attached hydrogen (secondary N) is 1. The highest BCUT2D eigenvalue weighted by atomic mass is 16.6. The van der Waals surface area contributed by atoms with Gasteiger partial charge in [0.05, 0.1) is 17.5 Å². The maximum atomic E-state index is 12.9. The number of nitrogens with zero attached hydrogens (tertiary/aromatic N) is 7. The van der Waals surface area contributed by atoms with Crippen LogP contribution in [0.3, 0.4) is 0 Å². The van der Waals surface area contributed by atoms with E-state index in [1.54, 1.807) is 11.0 Å². The summed E-state index contributed by atoms with van der Waals surface area (Å²) in [5, 5.41) is 22.5. The van der Waals surface area contributed by atoms with Crippen LogP contribution in [0.1, 0.15) is 22.0 Å². The molecule has 0 radical (unpaired) electrons. The summed E-state index contributed by atoms with van der Waals surface area (Å²) in [7, 11) is 0. The summed E-state index contributed by atoms with van der Waals surface area (Å²) >= 11 is 0. The molecule has 30 heavy (non-hydrogen) atoms. The lowest BCUT2D eigenvalue weighted by Crippen LogP contribution is -2.31. The summed E-state index contributed by atoms with van der Waals surface area (Å²) in [6.07, 6.45) is 5.60. The van der Waals surface area contributed by atoms with Crippen LogP contribution in [0.25, 0.3) is 5.69 Å². The standard InChI is InChI=1S/C19H16N8O3/c28-19(15-6-7-17(18(8-15)27(29)30)26-13-21-11-23-26)24-16(9-25-12-20-10-22-25)14-4-2-1-3-5-14/h1-8,10-13,16H,9H2,(H,24,28). The Morgan fingerprint density at radius 2 is 1.83 bits per heavy atom. The summed E-state index contributed by atoms with van der Waals surface area (Å²) < 4.78 is 2.88. The Morgan fingerprint density at radius 3 is 2.50 bits per heavy atom. The van der Waals surface area contributed by atoms with Gasteiger partial charge >= 0.3 is 0 Å². The number of hydrogen-bond acceptors (Lipinski definition) is 7. The van der Waals surface area contributed by atoms with Crippen molar-refractivity contribution in [3.05, 3.63) is 95.1 Å². The van der Waals surface area contributed by atoms with Gasteiger partial charge in [-0.3, -0.25) is 19.6 Å². The van der Waals surface area contributed by atoms with E-state index >= 15 is 0 Å². The topological polar surface area (TPSA) is 134 Å². The molecule has 11 heteroatoms. The van der Waals surface area contributed by atoms with Gasteiger partial charge < -0.3 is 5.32 Å². The summed E-state index contributed by atoms with van der Waals surface area (Å²) in [6.45, 7) is 0.356. The van der Waals surface area contributed by atoms with Gasteiger partial charge in [-0.15, -0.1) is 0 Å². The SMILES string of the molecule is O=C(NC(Cn1cncn1)c1ccccc1)c1ccc(-n2cncn2)c([N+](=O)[O-])c1. The lowest BCUT2D eigenvalue weighted by atomic mass is 10.1. The molecule has 2 aromatic heterocycles. The Bertz CT molecular complexity index is 1140. The quantitative estimate of drug-likeness (QED) is 0.367. The van der Waals surface area contributed by atoms with E-state index in [0.29, 0.717) is 6.54 Å². The second-order valence-corrected chi connectivity index (χ2v) is 6.35.